The Labute approximate surface area is 110 Å². The van der Waals surface area contributed by atoms with Gasteiger partial charge in [-0.3, -0.25) is 4.79 Å². The molecular formula is C14H25ClO2. The molecule has 0 aromatic heterocycles. The van der Waals surface area contributed by atoms with Crippen molar-refractivity contribution in [1.29, 1.82) is 0 Å². The van der Waals surface area contributed by atoms with Gasteiger partial charge in [0.25, 0.3) is 0 Å². The van der Waals surface area contributed by atoms with E-state index >= 15 is 0 Å². The first-order valence-electron chi connectivity index (χ1n) is 6.36. The monoisotopic (exact) mass is 260 g/mol. The van der Waals surface area contributed by atoms with Gasteiger partial charge >= 0.3 is 5.97 Å². The van der Waals surface area contributed by atoms with Gasteiger partial charge in [-0.2, -0.15) is 0 Å². The van der Waals surface area contributed by atoms with E-state index < -0.39 is 0 Å². The maximum Gasteiger partial charge on any atom is 0.311 e. The van der Waals surface area contributed by atoms with Gasteiger partial charge in [0.15, 0.2) is 0 Å². The second-order valence-electron chi connectivity index (χ2n) is 5.18. The van der Waals surface area contributed by atoms with Crippen LogP contribution in [0.4, 0.5) is 0 Å². The van der Waals surface area contributed by atoms with Gasteiger partial charge < -0.3 is 4.74 Å². The number of hydrogen-bond acceptors (Lipinski definition) is 2. The van der Waals surface area contributed by atoms with Crippen LogP contribution < -0.4 is 0 Å². The van der Waals surface area contributed by atoms with E-state index in [1.807, 2.05) is 20.8 Å². The number of alkyl halides is 1. The number of carbonyl (C=O) groups excluding carboxylic acids is 1. The lowest BCUT2D eigenvalue weighted by Crippen LogP contribution is -2.23. The smallest absolute Gasteiger partial charge is 0.311 e. The van der Waals surface area contributed by atoms with Crippen molar-refractivity contribution in [1.82, 2.24) is 0 Å². The van der Waals surface area contributed by atoms with E-state index in [1.165, 1.54) is 0 Å². The molecule has 0 radical (unpaired) electrons. The minimum Gasteiger partial charge on any atom is -0.465 e. The van der Waals surface area contributed by atoms with E-state index in [2.05, 4.69) is 12.2 Å². The number of unbranched alkanes of at least 4 members (excludes halogenated alkanes) is 3. The van der Waals surface area contributed by atoms with Crippen LogP contribution in [-0.2, 0) is 9.53 Å². The highest BCUT2D eigenvalue weighted by molar-refractivity contribution is 6.17. The van der Waals surface area contributed by atoms with Crippen LogP contribution in [0.25, 0.3) is 0 Å². The third-order valence-electron chi connectivity index (χ3n) is 2.28. The fourth-order valence-electron chi connectivity index (χ4n) is 1.18. The molecule has 0 atom stereocenters. The molecule has 0 heterocycles. The molecule has 2 nitrogen and oxygen atoms in total. The molecule has 17 heavy (non-hydrogen) atoms. The molecule has 0 rings (SSSR count). The highest BCUT2D eigenvalue weighted by atomic mass is 35.5. The number of carbonyl (C=O) groups is 1. The lowest BCUT2D eigenvalue weighted by atomic mass is 9.97. The Kier molecular flexibility index (Phi) is 9.24. The van der Waals surface area contributed by atoms with E-state index in [9.17, 15) is 4.79 Å². The highest BCUT2D eigenvalue weighted by Crippen LogP contribution is 2.15. The SMILES string of the molecule is CC(C)(C)C(=O)OCCCC/C=C/CCCCl. The molecule has 0 aliphatic carbocycles. The van der Waals surface area contributed by atoms with Crippen molar-refractivity contribution in [3.05, 3.63) is 12.2 Å². The number of ether oxygens (including phenoxy) is 1. The summed E-state index contributed by atoms with van der Waals surface area (Å²) < 4.78 is 5.17. The fourth-order valence-corrected chi connectivity index (χ4v) is 1.33. The van der Waals surface area contributed by atoms with Gasteiger partial charge in [-0.15, -0.1) is 11.6 Å². The van der Waals surface area contributed by atoms with Gasteiger partial charge in [-0.05, 0) is 52.9 Å². The van der Waals surface area contributed by atoms with Crippen LogP contribution in [0.2, 0.25) is 0 Å². The van der Waals surface area contributed by atoms with Crippen LogP contribution >= 0.6 is 11.6 Å². The van der Waals surface area contributed by atoms with Crippen LogP contribution in [0.5, 0.6) is 0 Å². The van der Waals surface area contributed by atoms with Crippen LogP contribution in [0.1, 0.15) is 52.9 Å². The largest absolute Gasteiger partial charge is 0.465 e. The Bertz CT molecular complexity index is 229. The van der Waals surface area contributed by atoms with Crippen molar-refractivity contribution in [2.24, 2.45) is 5.41 Å². The van der Waals surface area contributed by atoms with Crippen molar-refractivity contribution in [3.8, 4) is 0 Å². The predicted octanol–water partition coefficient (Wildman–Crippen LogP) is 4.32. The molecule has 0 amide bonds. The van der Waals surface area contributed by atoms with Crippen LogP contribution in [-0.4, -0.2) is 18.5 Å². The van der Waals surface area contributed by atoms with Crippen LogP contribution in [0.15, 0.2) is 12.2 Å². The first-order valence-corrected chi connectivity index (χ1v) is 6.90. The number of halogens is 1. The lowest BCUT2D eigenvalue weighted by Gasteiger charge is -2.16. The minimum absolute atomic E-state index is 0.116. The normalized spacial score (nSPS) is 12.0. The summed E-state index contributed by atoms with van der Waals surface area (Å²) in [6, 6.07) is 0. The average Bonchev–Trinajstić information content (AvgIpc) is 2.25. The van der Waals surface area contributed by atoms with Gasteiger partial charge in [0.2, 0.25) is 0 Å². The van der Waals surface area contributed by atoms with E-state index in [1.54, 1.807) is 0 Å². The quantitative estimate of drug-likeness (QED) is 0.281. The first kappa shape index (κ1) is 16.5. The molecule has 0 saturated heterocycles. The zero-order valence-corrected chi connectivity index (χ0v) is 12.1. The van der Waals surface area contributed by atoms with Crippen molar-refractivity contribution >= 4 is 17.6 Å². The van der Waals surface area contributed by atoms with E-state index in [0.717, 1.165) is 38.0 Å². The van der Waals surface area contributed by atoms with Gasteiger partial charge in [-0.25, -0.2) is 0 Å². The summed E-state index contributed by atoms with van der Waals surface area (Å²) in [5.74, 6) is 0.614. The topological polar surface area (TPSA) is 26.3 Å². The van der Waals surface area contributed by atoms with Crippen molar-refractivity contribution < 1.29 is 9.53 Å². The second-order valence-corrected chi connectivity index (χ2v) is 5.56. The van der Waals surface area contributed by atoms with E-state index in [4.69, 9.17) is 16.3 Å². The van der Waals surface area contributed by atoms with E-state index in [0.29, 0.717) is 6.61 Å². The molecule has 0 aliphatic heterocycles. The third-order valence-corrected chi connectivity index (χ3v) is 2.55. The molecule has 0 unspecified atom stereocenters. The Morgan fingerprint density at radius 3 is 2.24 bits per heavy atom. The minimum atomic E-state index is -0.387. The zero-order valence-electron chi connectivity index (χ0n) is 11.3. The average molecular weight is 261 g/mol. The van der Waals surface area contributed by atoms with Crippen molar-refractivity contribution in [3.63, 3.8) is 0 Å². The van der Waals surface area contributed by atoms with Gasteiger partial charge in [0, 0.05) is 5.88 Å². The molecule has 0 N–H and O–H groups in total. The molecule has 100 valence electrons. The summed E-state index contributed by atoms with van der Waals surface area (Å²) in [4.78, 5) is 11.4. The third kappa shape index (κ3) is 10.4. The summed E-state index contributed by atoms with van der Waals surface area (Å²) in [5, 5.41) is 0. The van der Waals surface area contributed by atoms with Gasteiger partial charge in [0.05, 0.1) is 12.0 Å². The zero-order chi connectivity index (χ0) is 13.1. The molecule has 0 saturated carbocycles. The Morgan fingerprint density at radius 1 is 1.12 bits per heavy atom. The fraction of sp³-hybridized carbons (Fsp3) is 0.786. The highest BCUT2D eigenvalue weighted by Gasteiger charge is 2.22. The van der Waals surface area contributed by atoms with Gasteiger partial charge in [-0.1, -0.05) is 12.2 Å². The predicted molar refractivity (Wildman–Crippen MR) is 73.4 cm³/mol. The van der Waals surface area contributed by atoms with Gasteiger partial charge in [0.1, 0.15) is 0 Å². The summed E-state index contributed by atoms with van der Waals surface area (Å²) in [6.07, 6.45) is 9.50. The summed E-state index contributed by atoms with van der Waals surface area (Å²) in [7, 11) is 0. The number of allylic oxidation sites excluding steroid dienone is 2. The standard InChI is InChI=1S/C14H25ClO2/c1-14(2,3)13(16)17-12-10-8-6-4-5-7-9-11-15/h4-5H,6-12H2,1-3H3/b5-4+. The Hall–Kier alpha value is -0.500. The first-order chi connectivity index (χ1) is 7.98. The Morgan fingerprint density at radius 2 is 1.71 bits per heavy atom. The molecule has 0 aromatic rings. The molecule has 0 spiro atoms. The Balaban J connectivity index is 3.35. The number of esters is 1. The maximum absolute atomic E-state index is 11.4. The van der Waals surface area contributed by atoms with Crippen LogP contribution in [0.3, 0.4) is 0 Å². The molecule has 0 aliphatic rings. The molecular weight excluding hydrogens is 236 g/mol. The summed E-state index contributed by atoms with van der Waals surface area (Å²) in [6.45, 7) is 6.14. The molecule has 0 bridgehead atoms. The number of rotatable bonds is 8. The van der Waals surface area contributed by atoms with E-state index in [-0.39, 0.29) is 11.4 Å². The summed E-state index contributed by atoms with van der Waals surface area (Å²) >= 11 is 5.57. The molecule has 0 fully saturated rings. The van der Waals surface area contributed by atoms with Crippen molar-refractivity contribution in [2.75, 3.05) is 12.5 Å². The van der Waals surface area contributed by atoms with Crippen LogP contribution in [0, 0.1) is 5.41 Å². The number of hydrogen-bond donors (Lipinski definition) is 0. The lowest BCUT2D eigenvalue weighted by molar-refractivity contribution is -0.153. The molecule has 3 heteroatoms. The maximum atomic E-state index is 11.4. The van der Waals surface area contributed by atoms with Crippen molar-refractivity contribution in [2.45, 2.75) is 52.9 Å². The molecule has 0 aromatic carbocycles. The summed E-state index contributed by atoms with van der Waals surface area (Å²) in [5.41, 5.74) is -0.387. The second kappa shape index (κ2) is 9.52.